The summed E-state index contributed by atoms with van der Waals surface area (Å²) >= 11 is 0. The highest BCUT2D eigenvalue weighted by Crippen LogP contribution is 2.30. The molecule has 0 aromatic heterocycles. The second-order valence-corrected chi connectivity index (χ2v) is 7.95. The van der Waals surface area contributed by atoms with Crippen molar-refractivity contribution in [2.75, 3.05) is 13.2 Å². The summed E-state index contributed by atoms with van der Waals surface area (Å²) in [7, 11) is -3.55. The van der Waals surface area contributed by atoms with Crippen molar-refractivity contribution >= 4 is 10.0 Å². The van der Waals surface area contributed by atoms with Crippen LogP contribution in [0.1, 0.15) is 37.3 Å². The van der Waals surface area contributed by atoms with Crippen LogP contribution < -0.4 is 14.2 Å². The Hall–Kier alpha value is -2.05. The first-order chi connectivity index (χ1) is 12.0. The molecular formula is C19H23NO4S. The average molecular weight is 361 g/mol. The molecule has 3 rings (SSSR count). The predicted octanol–water partition coefficient (Wildman–Crippen LogP) is 3.45. The Morgan fingerprint density at radius 2 is 1.72 bits per heavy atom. The van der Waals surface area contributed by atoms with Gasteiger partial charge in [-0.05, 0) is 47.7 Å². The van der Waals surface area contributed by atoms with Crippen molar-refractivity contribution in [2.45, 2.75) is 37.6 Å². The van der Waals surface area contributed by atoms with E-state index in [9.17, 15) is 8.42 Å². The molecule has 5 nitrogen and oxygen atoms in total. The van der Waals surface area contributed by atoms with Gasteiger partial charge in [-0.1, -0.05) is 32.0 Å². The van der Waals surface area contributed by atoms with E-state index in [2.05, 4.69) is 18.6 Å². The monoisotopic (exact) mass is 361 g/mol. The molecule has 0 saturated heterocycles. The Morgan fingerprint density at radius 3 is 2.40 bits per heavy atom. The number of benzene rings is 2. The van der Waals surface area contributed by atoms with Crippen molar-refractivity contribution < 1.29 is 17.9 Å². The third-order valence-corrected chi connectivity index (χ3v) is 5.86. The topological polar surface area (TPSA) is 64.6 Å². The summed E-state index contributed by atoms with van der Waals surface area (Å²) in [6, 6.07) is 12.5. The first kappa shape index (κ1) is 17.8. The Kier molecular flexibility index (Phi) is 5.30. The summed E-state index contributed by atoms with van der Waals surface area (Å²) < 4.78 is 38.6. The zero-order valence-electron chi connectivity index (χ0n) is 14.5. The molecule has 25 heavy (non-hydrogen) atoms. The summed E-state index contributed by atoms with van der Waals surface area (Å²) in [5.41, 5.74) is 1.97. The number of ether oxygens (including phenoxy) is 2. The highest BCUT2D eigenvalue weighted by molar-refractivity contribution is 7.89. The van der Waals surface area contributed by atoms with Crippen LogP contribution in [0.3, 0.4) is 0 Å². The van der Waals surface area contributed by atoms with E-state index in [1.165, 1.54) is 0 Å². The molecule has 0 radical (unpaired) electrons. The highest BCUT2D eigenvalue weighted by Gasteiger charge is 2.16. The third-order valence-electron chi connectivity index (χ3n) is 4.44. The molecule has 2 aromatic carbocycles. The first-order valence-corrected chi connectivity index (χ1v) is 9.96. The molecule has 0 bridgehead atoms. The molecule has 1 N–H and O–H groups in total. The maximum Gasteiger partial charge on any atom is 0.240 e. The molecule has 1 unspecified atom stereocenters. The van der Waals surface area contributed by atoms with Crippen molar-refractivity contribution in [1.82, 2.24) is 4.72 Å². The van der Waals surface area contributed by atoms with Crippen molar-refractivity contribution in [2.24, 2.45) is 0 Å². The largest absolute Gasteiger partial charge is 0.486 e. The number of fused-ring (bicyclic) bond motifs is 1. The van der Waals surface area contributed by atoms with Crippen LogP contribution in [0.15, 0.2) is 47.4 Å². The lowest BCUT2D eigenvalue weighted by Gasteiger charge is -2.19. The lowest BCUT2D eigenvalue weighted by Crippen LogP contribution is -2.23. The maximum atomic E-state index is 12.5. The van der Waals surface area contributed by atoms with Gasteiger partial charge in [0.15, 0.2) is 11.5 Å². The van der Waals surface area contributed by atoms with Crippen molar-refractivity contribution in [3.8, 4) is 11.5 Å². The van der Waals surface area contributed by atoms with Gasteiger partial charge in [0.2, 0.25) is 10.0 Å². The second-order valence-electron chi connectivity index (χ2n) is 6.18. The summed E-state index contributed by atoms with van der Waals surface area (Å²) in [6.07, 6.45) is 1.02. The van der Waals surface area contributed by atoms with Crippen molar-refractivity contribution in [3.05, 3.63) is 53.6 Å². The number of rotatable bonds is 6. The van der Waals surface area contributed by atoms with Gasteiger partial charge in [0.05, 0.1) is 4.90 Å². The Bertz CT molecular complexity index is 831. The number of hydrogen-bond acceptors (Lipinski definition) is 4. The average Bonchev–Trinajstić information content (AvgIpc) is 2.65. The second kappa shape index (κ2) is 7.45. The molecule has 1 heterocycles. The molecule has 1 aliphatic rings. The molecule has 1 atom stereocenters. The SMILES string of the molecule is CCC(C)c1ccc(S(=O)(=O)NCc2ccc3c(c2)OCCO3)cc1. The lowest BCUT2D eigenvalue weighted by molar-refractivity contribution is 0.171. The molecule has 0 aliphatic carbocycles. The number of nitrogens with one attached hydrogen (secondary N) is 1. The van der Waals surface area contributed by atoms with Crippen LogP contribution in [0.2, 0.25) is 0 Å². The maximum absolute atomic E-state index is 12.5. The molecule has 6 heteroatoms. The minimum absolute atomic E-state index is 0.200. The van der Waals surface area contributed by atoms with Gasteiger partial charge >= 0.3 is 0 Å². The predicted molar refractivity (Wildman–Crippen MR) is 96.6 cm³/mol. The zero-order valence-corrected chi connectivity index (χ0v) is 15.3. The third kappa shape index (κ3) is 4.14. The summed E-state index contributed by atoms with van der Waals surface area (Å²) in [6.45, 7) is 5.48. The van der Waals surface area contributed by atoms with Gasteiger partial charge in [0.25, 0.3) is 0 Å². The molecule has 2 aromatic rings. The Morgan fingerprint density at radius 1 is 1.04 bits per heavy atom. The van der Waals surface area contributed by atoms with E-state index in [-0.39, 0.29) is 11.4 Å². The van der Waals surface area contributed by atoms with E-state index in [0.717, 1.165) is 17.5 Å². The lowest BCUT2D eigenvalue weighted by atomic mass is 9.99. The molecule has 0 spiro atoms. The van der Waals surface area contributed by atoms with Crippen LogP contribution in [0, 0.1) is 0 Å². The quantitative estimate of drug-likeness (QED) is 0.856. The summed E-state index contributed by atoms with van der Waals surface area (Å²) in [4.78, 5) is 0.275. The van der Waals surface area contributed by atoms with E-state index < -0.39 is 10.0 Å². The number of sulfonamides is 1. The van der Waals surface area contributed by atoms with Gasteiger partial charge in [-0.15, -0.1) is 0 Å². The van der Waals surface area contributed by atoms with Crippen molar-refractivity contribution in [3.63, 3.8) is 0 Å². The summed E-state index contributed by atoms with van der Waals surface area (Å²) in [5, 5.41) is 0. The smallest absolute Gasteiger partial charge is 0.240 e. The number of hydrogen-bond donors (Lipinski definition) is 1. The fourth-order valence-electron chi connectivity index (χ4n) is 2.67. The minimum atomic E-state index is -3.55. The van der Waals surface area contributed by atoms with Gasteiger partial charge in [-0.25, -0.2) is 13.1 Å². The normalized spacial score (nSPS) is 15.0. The van der Waals surface area contributed by atoms with Crippen LogP contribution in [0.5, 0.6) is 11.5 Å². The van der Waals surface area contributed by atoms with E-state index in [4.69, 9.17) is 9.47 Å². The molecule has 0 saturated carbocycles. The van der Waals surface area contributed by atoms with Gasteiger partial charge in [0.1, 0.15) is 13.2 Å². The molecular weight excluding hydrogens is 338 g/mol. The van der Waals surface area contributed by atoms with Crippen LogP contribution in [-0.2, 0) is 16.6 Å². The Balaban J connectivity index is 1.69. The van der Waals surface area contributed by atoms with Crippen LogP contribution in [-0.4, -0.2) is 21.6 Å². The van der Waals surface area contributed by atoms with Crippen LogP contribution >= 0.6 is 0 Å². The van der Waals surface area contributed by atoms with Gasteiger partial charge in [0, 0.05) is 6.54 Å². The van der Waals surface area contributed by atoms with E-state index in [1.54, 1.807) is 18.2 Å². The fraction of sp³-hybridized carbons (Fsp3) is 0.368. The van der Waals surface area contributed by atoms with E-state index >= 15 is 0 Å². The van der Waals surface area contributed by atoms with Crippen LogP contribution in [0.25, 0.3) is 0 Å². The van der Waals surface area contributed by atoms with Gasteiger partial charge in [-0.3, -0.25) is 0 Å². The fourth-order valence-corrected chi connectivity index (χ4v) is 3.69. The molecule has 0 amide bonds. The van der Waals surface area contributed by atoms with Gasteiger partial charge < -0.3 is 9.47 Å². The zero-order chi connectivity index (χ0) is 17.9. The highest BCUT2D eigenvalue weighted by atomic mass is 32.2. The van der Waals surface area contributed by atoms with Crippen LogP contribution in [0.4, 0.5) is 0 Å². The summed E-state index contributed by atoms with van der Waals surface area (Å²) in [5.74, 6) is 1.77. The van der Waals surface area contributed by atoms with Crippen molar-refractivity contribution in [1.29, 1.82) is 0 Å². The Labute approximate surface area is 149 Å². The molecule has 1 aliphatic heterocycles. The first-order valence-electron chi connectivity index (χ1n) is 8.48. The van der Waals surface area contributed by atoms with E-state index in [1.807, 2.05) is 24.3 Å². The molecule has 134 valence electrons. The van der Waals surface area contributed by atoms with Gasteiger partial charge in [-0.2, -0.15) is 0 Å². The minimum Gasteiger partial charge on any atom is -0.486 e. The van der Waals surface area contributed by atoms with E-state index in [0.29, 0.717) is 30.6 Å². The standard InChI is InChI=1S/C19H23NO4S/c1-3-14(2)16-5-7-17(8-6-16)25(21,22)20-13-15-4-9-18-19(12-15)24-11-10-23-18/h4-9,12,14,20H,3,10-11,13H2,1-2H3. The molecule has 0 fully saturated rings.